The van der Waals surface area contributed by atoms with Gasteiger partial charge in [0.05, 0.1) is 0 Å². The van der Waals surface area contributed by atoms with Crippen LogP contribution in [0, 0.1) is 26.6 Å². The molecule has 0 aliphatic rings. The minimum absolute atomic E-state index is 0. The molecule has 4 nitrogen and oxygen atoms in total. The second-order valence-corrected chi connectivity index (χ2v) is 12.7. The largest absolute Gasteiger partial charge is 2.00 e. The molecule has 0 unspecified atom stereocenters. The molecule has 0 heterocycles. The molecule has 6 aromatic rings. The quantitative estimate of drug-likeness (QED) is 0.0843. The molecule has 8 heteroatoms. The van der Waals surface area contributed by atoms with Crippen molar-refractivity contribution in [3.05, 3.63) is 196 Å². The maximum Gasteiger partial charge on any atom is 2.00 e. The van der Waals surface area contributed by atoms with E-state index in [0.717, 1.165) is 0 Å². The van der Waals surface area contributed by atoms with Gasteiger partial charge in [-0.25, -0.2) is 12.1 Å². The first-order valence-corrected chi connectivity index (χ1v) is 15.6. The summed E-state index contributed by atoms with van der Waals surface area (Å²) in [5.74, 6) is 0. The van der Waals surface area contributed by atoms with E-state index in [-0.39, 0.29) is 38.1 Å². The van der Waals surface area contributed by atoms with Crippen LogP contribution in [0.4, 0.5) is 0 Å². The van der Waals surface area contributed by atoms with Gasteiger partial charge in [0.15, 0.2) is 0 Å². The molecule has 0 bridgehead atoms. The van der Waals surface area contributed by atoms with Crippen molar-refractivity contribution in [2.75, 3.05) is 0 Å². The number of hydrogen-bond donors (Lipinski definition) is 0. The van der Waals surface area contributed by atoms with Gasteiger partial charge in [-0.1, -0.05) is 137 Å². The van der Waals surface area contributed by atoms with Crippen molar-refractivity contribution in [3.8, 4) is 0 Å². The van der Waals surface area contributed by atoms with E-state index >= 15 is 0 Å². The molecule has 0 atom stereocenters. The third-order valence-corrected chi connectivity index (χ3v) is 10.8. The topological polar surface area (TPSA) is 79.6 Å². The van der Waals surface area contributed by atoms with E-state index in [2.05, 4.69) is 196 Å². The van der Waals surface area contributed by atoms with Crippen LogP contribution < -0.4 is 31.8 Å². The minimum Gasteiger partial charge on any atom is -0.206 e. The van der Waals surface area contributed by atoms with E-state index in [0.29, 0.717) is 0 Å². The molecular formula is C38H28FeMoO4P2. The van der Waals surface area contributed by atoms with Gasteiger partial charge in [-0.3, -0.25) is 0 Å². The van der Waals surface area contributed by atoms with E-state index in [1.165, 1.54) is 31.8 Å². The van der Waals surface area contributed by atoms with Crippen molar-refractivity contribution in [2.24, 2.45) is 0 Å². The van der Waals surface area contributed by atoms with Crippen LogP contribution in [0.15, 0.2) is 170 Å². The molecule has 0 radical (unpaired) electrons. The average molecular weight is 762 g/mol. The molecule has 0 aliphatic carbocycles. The molecule has 0 saturated heterocycles. The first-order chi connectivity index (χ1) is 21.9. The van der Waals surface area contributed by atoms with Gasteiger partial charge in [-0.15, -0.1) is 0 Å². The zero-order valence-electron chi connectivity index (χ0n) is 24.5. The zero-order chi connectivity index (χ0) is 32.4. The summed E-state index contributed by atoms with van der Waals surface area (Å²) >= 11 is 0. The van der Waals surface area contributed by atoms with Crippen LogP contribution in [0.2, 0.25) is 0 Å². The van der Waals surface area contributed by atoms with Crippen molar-refractivity contribution < 1.29 is 56.7 Å². The van der Waals surface area contributed by atoms with E-state index in [9.17, 15) is 0 Å². The van der Waals surface area contributed by atoms with Crippen LogP contribution in [-0.2, 0) is 56.7 Å². The molecule has 0 fully saturated rings. The Hall–Kier alpha value is -3.39. The van der Waals surface area contributed by atoms with E-state index in [1.807, 2.05) is 0 Å². The smallest absolute Gasteiger partial charge is 0.206 e. The third-order valence-electron chi connectivity index (χ3n) is 5.86. The van der Waals surface area contributed by atoms with Crippen molar-refractivity contribution in [2.45, 2.75) is 0 Å². The summed E-state index contributed by atoms with van der Waals surface area (Å²) in [4.78, 5) is 0. The second kappa shape index (κ2) is 29.0. The van der Waals surface area contributed by atoms with E-state index in [1.54, 1.807) is 0 Å². The maximum atomic E-state index is 7.50. The van der Waals surface area contributed by atoms with Crippen molar-refractivity contribution in [1.29, 1.82) is 0 Å². The number of benzene rings is 4. The van der Waals surface area contributed by atoms with E-state index in [4.69, 9.17) is 18.6 Å². The Labute approximate surface area is 299 Å². The summed E-state index contributed by atoms with van der Waals surface area (Å²) in [7, 11) is -0.818. The predicted molar refractivity (Wildman–Crippen MR) is 177 cm³/mol. The minimum atomic E-state index is -0.409. The first kappa shape index (κ1) is 44.7. The Bertz CT molecular complexity index is 1390. The van der Waals surface area contributed by atoms with Gasteiger partial charge in [0, 0.05) is 21.1 Å². The van der Waals surface area contributed by atoms with Crippen LogP contribution in [0.25, 0.3) is 0 Å². The van der Waals surface area contributed by atoms with Crippen LogP contribution in [0.5, 0.6) is 0 Å². The molecule has 0 aromatic heterocycles. The van der Waals surface area contributed by atoms with E-state index < -0.39 is 15.8 Å². The second-order valence-electron chi connectivity index (χ2n) is 8.30. The fourth-order valence-corrected chi connectivity index (χ4v) is 8.84. The third kappa shape index (κ3) is 14.4. The standard InChI is InChI=1S/2C17H14P.4CO.Fe.Mo/c2*1-3-9-15(10-4-1)18(17-13-7-8-14-17)16-11-5-2-6-12-16;4*1-2;;/h2*1-14H;;;;;;/q2*-1;;;;;+2;. The molecular weight excluding hydrogens is 734 g/mol. The Morgan fingerprint density at radius 3 is 0.739 bits per heavy atom. The number of hydrogen-bond acceptors (Lipinski definition) is 0. The molecule has 0 spiro atoms. The summed E-state index contributed by atoms with van der Waals surface area (Å²) in [5, 5.41) is 8.47. The molecule has 0 saturated carbocycles. The monoisotopic (exact) mass is 764 g/mol. The Kier molecular flexibility index (Phi) is 28.2. The first-order valence-electron chi connectivity index (χ1n) is 13.0. The van der Waals surface area contributed by atoms with Crippen molar-refractivity contribution in [3.63, 3.8) is 0 Å². The predicted octanol–water partition coefficient (Wildman–Crippen LogP) is 6.17. The molecule has 46 heavy (non-hydrogen) atoms. The molecule has 6 rings (SSSR count). The van der Waals surface area contributed by atoms with Crippen LogP contribution in [0.1, 0.15) is 0 Å². The fourth-order valence-electron chi connectivity index (χ4n) is 4.23. The summed E-state index contributed by atoms with van der Waals surface area (Å²) in [6.45, 7) is 18.0. The Balaban J connectivity index is 0. The molecule has 0 aliphatic heterocycles. The molecule has 6 aromatic carbocycles. The van der Waals surface area contributed by atoms with Crippen molar-refractivity contribution in [1.82, 2.24) is 0 Å². The summed E-state index contributed by atoms with van der Waals surface area (Å²) in [6, 6.07) is 60.5. The van der Waals surface area contributed by atoms with Gasteiger partial charge in [0.1, 0.15) is 0 Å². The molecule has 0 N–H and O–H groups in total. The van der Waals surface area contributed by atoms with Crippen molar-refractivity contribution >= 4 is 47.7 Å². The van der Waals surface area contributed by atoms with Gasteiger partial charge >= 0.3 is 62.3 Å². The Morgan fingerprint density at radius 2 is 0.565 bits per heavy atom. The van der Waals surface area contributed by atoms with Crippen LogP contribution in [0.3, 0.4) is 0 Å². The SMILES string of the molecule is [C-]#[O+].[C-]#[O+].[C-]#[O+].[C-]#[O+].[Fe+2].[Mo].c1ccc(P(c2ccccc2)c2cc[cH-]c2)cc1.c1ccc(P(c2ccccc2)c2cc[cH-]c2)cc1. The van der Waals surface area contributed by atoms with Gasteiger partial charge in [0.25, 0.3) is 0 Å². The van der Waals surface area contributed by atoms with Gasteiger partial charge in [-0.2, -0.15) is 47.0 Å². The van der Waals surface area contributed by atoms with Crippen LogP contribution in [-0.4, -0.2) is 0 Å². The maximum absolute atomic E-state index is 7.50. The summed E-state index contributed by atoms with van der Waals surface area (Å²) in [5.41, 5.74) is 0. The number of rotatable bonds is 6. The van der Waals surface area contributed by atoms with Gasteiger partial charge in [0.2, 0.25) is 0 Å². The van der Waals surface area contributed by atoms with Gasteiger partial charge in [-0.05, 0) is 21.2 Å². The molecule has 228 valence electrons. The average Bonchev–Trinajstić information content (AvgIpc) is 3.87. The fraction of sp³-hybridized carbons (Fsp3) is 0. The van der Waals surface area contributed by atoms with Gasteiger partial charge < -0.3 is 0 Å². The summed E-state index contributed by atoms with van der Waals surface area (Å²) < 4.78 is 30.0. The molecule has 0 amide bonds. The normalized spacial score (nSPS) is 8.57. The van der Waals surface area contributed by atoms with Crippen LogP contribution >= 0.6 is 15.8 Å². The summed E-state index contributed by atoms with van der Waals surface area (Å²) in [6.07, 6.45) is 0. The Morgan fingerprint density at radius 1 is 0.348 bits per heavy atom. The zero-order valence-corrected chi connectivity index (χ0v) is 29.4.